The summed E-state index contributed by atoms with van der Waals surface area (Å²) in [5.74, 6) is 0. The smallest absolute Gasteiger partial charge is 0.0164 e. The standard InChI is InChI=1S/C14H24P2/c1-11(2)15(5)13-9-7-8-10-14(13)16(6)12(3)4/h7-12H,1-6H3/t15-,16-/m0/s1. The van der Waals surface area contributed by atoms with Crippen molar-refractivity contribution in [2.24, 2.45) is 0 Å². The average Bonchev–Trinajstić information content (AvgIpc) is 2.26. The average molecular weight is 254 g/mol. The van der Waals surface area contributed by atoms with Gasteiger partial charge in [-0.15, -0.1) is 0 Å². The second kappa shape index (κ2) is 6.13. The SMILES string of the molecule is CC(C)[P@](C)c1ccccc1[P@@](C)C(C)C. The molecule has 1 aromatic carbocycles. The summed E-state index contributed by atoms with van der Waals surface area (Å²) in [6.45, 7) is 14.2. The van der Waals surface area contributed by atoms with Crippen molar-refractivity contribution < 1.29 is 0 Å². The molecule has 0 N–H and O–H groups in total. The van der Waals surface area contributed by atoms with Crippen LogP contribution in [0, 0.1) is 0 Å². The molecular weight excluding hydrogens is 230 g/mol. The van der Waals surface area contributed by atoms with Crippen molar-refractivity contribution in [1.29, 1.82) is 0 Å². The summed E-state index contributed by atoms with van der Waals surface area (Å²) in [6, 6.07) is 9.09. The first-order valence-electron chi connectivity index (χ1n) is 5.99. The Balaban J connectivity index is 3.09. The monoisotopic (exact) mass is 254 g/mol. The third-order valence-electron chi connectivity index (χ3n) is 3.19. The molecule has 0 fully saturated rings. The molecule has 0 saturated heterocycles. The van der Waals surface area contributed by atoms with Gasteiger partial charge < -0.3 is 0 Å². The summed E-state index contributed by atoms with van der Waals surface area (Å²) in [7, 11) is 0.00704. The zero-order valence-electron chi connectivity index (χ0n) is 11.4. The molecule has 0 aliphatic carbocycles. The van der Waals surface area contributed by atoms with E-state index < -0.39 is 0 Å². The Hall–Kier alpha value is 0.0800. The molecule has 1 rings (SSSR count). The van der Waals surface area contributed by atoms with Crippen LogP contribution in [0.2, 0.25) is 0 Å². The Labute approximate surface area is 103 Å². The molecule has 0 unspecified atom stereocenters. The van der Waals surface area contributed by atoms with E-state index in [4.69, 9.17) is 0 Å². The Morgan fingerprint density at radius 2 is 1.06 bits per heavy atom. The minimum Gasteiger partial charge on any atom is -0.0752 e. The molecule has 0 heterocycles. The minimum absolute atomic E-state index is 0.00352. The normalized spacial score (nSPS) is 15.5. The highest BCUT2D eigenvalue weighted by atomic mass is 31.1. The molecule has 0 aromatic heterocycles. The fourth-order valence-electron chi connectivity index (χ4n) is 1.62. The van der Waals surface area contributed by atoms with Crippen molar-refractivity contribution in [3.05, 3.63) is 24.3 Å². The Kier molecular flexibility index (Phi) is 5.42. The van der Waals surface area contributed by atoms with Crippen LogP contribution in [0.25, 0.3) is 0 Å². The maximum Gasteiger partial charge on any atom is -0.0164 e. The van der Waals surface area contributed by atoms with Crippen molar-refractivity contribution in [3.63, 3.8) is 0 Å². The number of hydrogen-bond donors (Lipinski definition) is 0. The first-order chi connectivity index (χ1) is 7.45. The van der Waals surface area contributed by atoms with Gasteiger partial charge in [-0.25, -0.2) is 0 Å². The summed E-state index contributed by atoms with van der Waals surface area (Å²) in [4.78, 5) is 0. The van der Waals surface area contributed by atoms with Gasteiger partial charge in [-0.3, -0.25) is 0 Å². The van der Waals surface area contributed by atoms with E-state index in [1.807, 2.05) is 0 Å². The van der Waals surface area contributed by atoms with Gasteiger partial charge in [0, 0.05) is 0 Å². The van der Waals surface area contributed by atoms with Gasteiger partial charge in [0.25, 0.3) is 0 Å². The van der Waals surface area contributed by atoms with Gasteiger partial charge in [0.2, 0.25) is 0 Å². The lowest BCUT2D eigenvalue weighted by Gasteiger charge is -2.25. The maximum absolute atomic E-state index is 2.42. The molecule has 0 aliphatic rings. The fraction of sp³-hybridized carbons (Fsp3) is 0.571. The molecule has 0 saturated carbocycles. The van der Waals surface area contributed by atoms with Crippen LogP contribution in [0.3, 0.4) is 0 Å². The van der Waals surface area contributed by atoms with E-state index in [1.165, 1.54) is 0 Å². The van der Waals surface area contributed by atoms with E-state index in [0.29, 0.717) is 0 Å². The van der Waals surface area contributed by atoms with Crippen molar-refractivity contribution >= 4 is 26.5 Å². The molecule has 2 atom stereocenters. The lowest BCUT2D eigenvalue weighted by Crippen LogP contribution is -2.25. The first kappa shape index (κ1) is 14.1. The Bertz CT molecular complexity index is 298. The highest BCUT2D eigenvalue weighted by molar-refractivity contribution is 7.71. The van der Waals surface area contributed by atoms with Crippen LogP contribution in [0.5, 0.6) is 0 Å². The van der Waals surface area contributed by atoms with Gasteiger partial charge in [0.05, 0.1) is 0 Å². The van der Waals surface area contributed by atoms with Gasteiger partial charge in [0.1, 0.15) is 0 Å². The van der Waals surface area contributed by atoms with Crippen molar-refractivity contribution in [1.82, 2.24) is 0 Å². The lowest BCUT2D eigenvalue weighted by atomic mass is 10.4. The van der Waals surface area contributed by atoms with Crippen LogP contribution >= 0.6 is 15.8 Å². The van der Waals surface area contributed by atoms with Crippen LogP contribution in [-0.2, 0) is 0 Å². The molecule has 0 spiro atoms. The third kappa shape index (κ3) is 3.28. The molecule has 0 radical (unpaired) electrons. The summed E-state index contributed by atoms with van der Waals surface area (Å²) in [5, 5.41) is 3.27. The van der Waals surface area contributed by atoms with Gasteiger partial charge in [-0.2, -0.15) is 0 Å². The zero-order valence-corrected chi connectivity index (χ0v) is 13.1. The van der Waals surface area contributed by atoms with Crippen molar-refractivity contribution in [3.8, 4) is 0 Å². The summed E-state index contributed by atoms with van der Waals surface area (Å²) < 4.78 is 0. The second-order valence-corrected chi connectivity index (χ2v) is 10.4. The van der Waals surface area contributed by atoms with Gasteiger partial charge in [0.15, 0.2) is 0 Å². The molecular formula is C14H24P2. The van der Waals surface area contributed by atoms with Gasteiger partial charge in [-0.1, -0.05) is 67.8 Å². The number of hydrogen-bond acceptors (Lipinski definition) is 0. The quantitative estimate of drug-likeness (QED) is 0.713. The molecule has 2 heteroatoms. The molecule has 90 valence electrons. The van der Waals surface area contributed by atoms with Crippen molar-refractivity contribution in [2.75, 3.05) is 13.3 Å². The van der Waals surface area contributed by atoms with Crippen molar-refractivity contribution in [2.45, 2.75) is 39.0 Å². The number of rotatable bonds is 4. The second-order valence-electron chi connectivity index (χ2n) is 4.90. The maximum atomic E-state index is 2.42. The third-order valence-corrected chi connectivity index (χ3v) is 8.77. The zero-order chi connectivity index (χ0) is 12.3. The molecule has 0 nitrogen and oxygen atoms in total. The summed E-state index contributed by atoms with van der Waals surface area (Å²) >= 11 is 0. The molecule has 0 aliphatic heterocycles. The van der Waals surface area contributed by atoms with E-state index in [0.717, 1.165) is 11.3 Å². The van der Waals surface area contributed by atoms with Gasteiger partial charge >= 0.3 is 0 Å². The highest BCUT2D eigenvalue weighted by Crippen LogP contribution is 2.41. The topological polar surface area (TPSA) is 0 Å². The minimum atomic E-state index is 0.00352. The molecule has 16 heavy (non-hydrogen) atoms. The Morgan fingerprint density at radius 1 is 0.750 bits per heavy atom. The summed E-state index contributed by atoms with van der Waals surface area (Å²) in [6.07, 6.45) is 0. The van der Waals surface area contributed by atoms with E-state index in [-0.39, 0.29) is 15.8 Å². The van der Waals surface area contributed by atoms with E-state index >= 15 is 0 Å². The Morgan fingerprint density at radius 3 is 1.31 bits per heavy atom. The summed E-state index contributed by atoms with van der Waals surface area (Å²) in [5.41, 5.74) is 1.57. The van der Waals surface area contributed by atoms with Gasteiger partial charge in [-0.05, 0) is 35.3 Å². The van der Waals surface area contributed by atoms with Crippen LogP contribution in [0.4, 0.5) is 0 Å². The van der Waals surface area contributed by atoms with Crippen LogP contribution in [0.1, 0.15) is 27.7 Å². The van der Waals surface area contributed by atoms with Crippen LogP contribution < -0.4 is 10.6 Å². The fourth-order valence-corrected chi connectivity index (χ4v) is 5.19. The highest BCUT2D eigenvalue weighted by Gasteiger charge is 2.18. The van der Waals surface area contributed by atoms with E-state index in [9.17, 15) is 0 Å². The predicted octanol–water partition coefficient (Wildman–Crippen LogP) is 3.98. The first-order valence-corrected chi connectivity index (χ1v) is 9.71. The number of benzene rings is 1. The van der Waals surface area contributed by atoms with E-state index in [1.54, 1.807) is 10.6 Å². The predicted molar refractivity (Wildman–Crippen MR) is 81.7 cm³/mol. The van der Waals surface area contributed by atoms with E-state index in [2.05, 4.69) is 65.3 Å². The van der Waals surface area contributed by atoms with Crippen LogP contribution in [-0.4, -0.2) is 24.6 Å². The lowest BCUT2D eigenvalue weighted by molar-refractivity contribution is 1.10. The molecule has 1 aromatic rings. The van der Waals surface area contributed by atoms with Crippen LogP contribution in [0.15, 0.2) is 24.3 Å². The molecule has 0 amide bonds. The largest absolute Gasteiger partial charge is 0.0752 e. The molecule has 0 bridgehead atoms.